The maximum atomic E-state index is 12.7. The van der Waals surface area contributed by atoms with Crippen LogP contribution in [0.1, 0.15) is 26.7 Å². The first kappa shape index (κ1) is 16.7. The Morgan fingerprint density at radius 2 is 2.18 bits per heavy atom. The highest BCUT2D eigenvalue weighted by atomic mass is 32.2. The van der Waals surface area contributed by atoms with Gasteiger partial charge in [0.2, 0.25) is 10.0 Å². The second-order valence-corrected chi connectivity index (χ2v) is 7.51. The molecule has 22 heavy (non-hydrogen) atoms. The minimum Gasteiger partial charge on any atom is -0.380 e. The van der Waals surface area contributed by atoms with Gasteiger partial charge in [-0.1, -0.05) is 6.92 Å². The van der Waals surface area contributed by atoms with E-state index < -0.39 is 14.9 Å². The summed E-state index contributed by atoms with van der Waals surface area (Å²) in [4.78, 5) is 10.6. The first-order chi connectivity index (χ1) is 10.4. The summed E-state index contributed by atoms with van der Waals surface area (Å²) in [5, 5.41) is 14.0. The predicted molar refractivity (Wildman–Crippen MR) is 84.4 cm³/mol. The normalized spacial score (nSPS) is 19.8. The van der Waals surface area contributed by atoms with E-state index in [4.69, 9.17) is 0 Å². The maximum absolute atomic E-state index is 12.7. The lowest BCUT2D eigenvalue weighted by atomic mass is 10.0. The molecule has 0 saturated carbocycles. The third-order valence-electron chi connectivity index (χ3n) is 3.79. The number of nitrogens with one attached hydrogen (secondary N) is 1. The van der Waals surface area contributed by atoms with E-state index in [1.165, 1.54) is 16.4 Å². The number of piperidine rings is 1. The third kappa shape index (κ3) is 3.38. The Hall–Kier alpha value is -1.67. The van der Waals surface area contributed by atoms with Crippen molar-refractivity contribution in [3.05, 3.63) is 28.3 Å². The van der Waals surface area contributed by atoms with Gasteiger partial charge in [-0.3, -0.25) is 10.1 Å². The van der Waals surface area contributed by atoms with Gasteiger partial charge in [0.1, 0.15) is 5.69 Å². The minimum atomic E-state index is -3.68. The van der Waals surface area contributed by atoms with Gasteiger partial charge in [-0.05, 0) is 37.8 Å². The van der Waals surface area contributed by atoms with Gasteiger partial charge in [-0.15, -0.1) is 0 Å². The summed E-state index contributed by atoms with van der Waals surface area (Å²) in [5.74, 6) is 0.305. The summed E-state index contributed by atoms with van der Waals surface area (Å²) in [6, 6.07) is 4.04. The monoisotopic (exact) mass is 327 g/mol. The number of sulfonamides is 1. The maximum Gasteiger partial charge on any atom is 0.293 e. The molecule has 0 aromatic heterocycles. The number of benzene rings is 1. The van der Waals surface area contributed by atoms with Crippen LogP contribution in [0, 0.1) is 16.0 Å². The molecule has 1 atom stereocenters. The minimum absolute atomic E-state index is 0.0186. The van der Waals surface area contributed by atoms with Gasteiger partial charge in [0.05, 0.1) is 9.82 Å². The van der Waals surface area contributed by atoms with Crippen molar-refractivity contribution in [2.45, 2.75) is 31.6 Å². The predicted octanol–water partition coefficient (Wildman–Crippen LogP) is 2.45. The molecule has 1 aromatic rings. The van der Waals surface area contributed by atoms with Crippen molar-refractivity contribution in [2.24, 2.45) is 5.92 Å². The average molecular weight is 327 g/mol. The van der Waals surface area contributed by atoms with Crippen molar-refractivity contribution in [2.75, 3.05) is 25.0 Å². The molecule has 0 spiro atoms. The summed E-state index contributed by atoms with van der Waals surface area (Å²) in [7, 11) is -3.68. The molecule has 1 aromatic carbocycles. The van der Waals surface area contributed by atoms with Gasteiger partial charge in [-0.25, -0.2) is 8.42 Å². The van der Waals surface area contributed by atoms with Crippen LogP contribution in [0.25, 0.3) is 0 Å². The molecule has 1 N–H and O–H groups in total. The van der Waals surface area contributed by atoms with E-state index in [0.29, 0.717) is 31.2 Å². The molecule has 0 aliphatic carbocycles. The Bertz CT molecular complexity index is 660. The standard InChI is InChI=1S/C14H21N3O4S/c1-3-15-13-7-6-12(9-14(13)17(18)19)22(20,21)16-8-4-5-11(2)10-16/h6-7,9,11,15H,3-5,8,10H2,1-2H3. The number of nitrogens with zero attached hydrogens (tertiary/aromatic N) is 2. The first-order valence-electron chi connectivity index (χ1n) is 7.38. The molecule has 1 unspecified atom stereocenters. The van der Waals surface area contributed by atoms with Crippen LogP contribution in [-0.2, 0) is 10.0 Å². The quantitative estimate of drug-likeness (QED) is 0.662. The highest BCUT2D eigenvalue weighted by Gasteiger charge is 2.30. The smallest absolute Gasteiger partial charge is 0.293 e. The summed E-state index contributed by atoms with van der Waals surface area (Å²) in [5.41, 5.74) is 0.117. The summed E-state index contributed by atoms with van der Waals surface area (Å²) in [6.45, 7) is 5.29. The fraction of sp³-hybridized carbons (Fsp3) is 0.571. The van der Waals surface area contributed by atoms with E-state index in [2.05, 4.69) is 5.32 Å². The lowest BCUT2D eigenvalue weighted by Gasteiger charge is -2.30. The van der Waals surface area contributed by atoms with Gasteiger partial charge in [0.15, 0.2) is 0 Å². The Kier molecular flexibility index (Phi) is 5.02. The third-order valence-corrected chi connectivity index (χ3v) is 5.65. The SMILES string of the molecule is CCNc1ccc(S(=O)(=O)N2CCCC(C)C2)cc1[N+](=O)[O-]. The van der Waals surface area contributed by atoms with E-state index in [1.807, 2.05) is 13.8 Å². The Morgan fingerprint density at radius 1 is 1.45 bits per heavy atom. The lowest BCUT2D eigenvalue weighted by Crippen LogP contribution is -2.39. The fourth-order valence-corrected chi connectivity index (χ4v) is 4.30. The summed E-state index contributed by atoms with van der Waals surface area (Å²) in [6.07, 6.45) is 1.82. The van der Waals surface area contributed by atoms with E-state index in [1.54, 1.807) is 0 Å². The van der Waals surface area contributed by atoms with Gasteiger partial charge < -0.3 is 5.32 Å². The Balaban J connectivity index is 2.38. The average Bonchev–Trinajstić information content (AvgIpc) is 2.47. The summed E-state index contributed by atoms with van der Waals surface area (Å²) < 4.78 is 26.7. The molecule has 0 amide bonds. The lowest BCUT2D eigenvalue weighted by molar-refractivity contribution is -0.384. The zero-order valence-corrected chi connectivity index (χ0v) is 13.6. The van der Waals surface area contributed by atoms with Crippen LogP contribution in [0.5, 0.6) is 0 Å². The van der Waals surface area contributed by atoms with E-state index in [-0.39, 0.29) is 10.6 Å². The van der Waals surface area contributed by atoms with Crippen LogP contribution in [0.4, 0.5) is 11.4 Å². The second kappa shape index (κ2) is 6.62. The van der Waals surface area contributed by atoms with E-state index in [0.717, 1.165) is 18.9 Å². The molecule has 1 fully saturated rings. The zero-order valence-electron chi connectivity index (χ0n) is 12.8. The molecule has 1 heterocycles. The molecule has 1 aliphatic rings. The molecule has 1 aliphatic heterocycles. The molecule has 0 radical (unpaired) electrons. The van der Waals surface area contributed by atoms with Crippen LogP contribution < -0.4 is 5.32 Å². The number of hydrogen-bond donors (Lipinski definition) is 1. The summed E-state index contributed by atoms with van der Waals surface area (Å²) >= 11 is 0. The topological polar surface area (TPSA) is 92.6 Å². The number of hydrogen-bond acceptors (Lipinski definition) is 5. The first-order valence-corrected chi connectivity index (χ1v) is 8.82. The molecular weight excluding hydrogens is 306 g/mol. The van der Waals surface area contributed by atoms with Crippen LogP contribution in [0.2, 0.25) is 0 Å². The van der Waals surface area contributed by atoms with Crippen LogP contribution in [0.15, 0.2) is 23.1 Å². The van der Waals surface area contributed by atoms with E-state index >= 15 is 0 Å². The van der Waals surface area contributed by atoms with Crippen molar-refractivity contribution in [1.82, 2.24) is 4.31 Å². The van der Waals surface area contributed by atoms with Crippen LogP contribution in [0.3, 0.4) is 0 Å². The van der Waals surface area contributed by atoms with Crippen molar-refractivity contribution in [3.63, 3.8) is 0 Å². The van der Waals surface area contributed by atoms with E-state index in [9.17, 15) is 18.5 Å². The molecule has 0 bridgehead atoms. The fourth-order valence-electron chi connectivity index (χ4n) is 2.68. The highest BCUT2D eigenvalue weighted by Crippen LogP contribution is 2.30. The molecule has 122 valence electrons. The second-order valence-electron chi connectivity index (χ2n) is 5.58. The Morgan fingerprint density at radius 3 is 2.77 bits per heavy atom. The Labute approximate surface area is 130 Å². The number of anilines is 1. The van der Waals surface area contributed by atoms with Gasteiger partial charge in [0.25, 0.3) is 5.69 Å². The number of rotatable bonds is 5. The van der Waals surface area contributed by atoms with Gasteiger partial charge in [-0.2, -0.15) is 4.31 Å². The van der Waals surface area contributed by atoms with Crippen LogP contribution in [-0.4, -0.2) is 37.3 Å². The van der Waals surface area contributed by atoms with Crippen LogP contribution >= 0.6 is 0 Å². The molecule has 2 rings (SSSR count). The van der Waals surface area contributed by atoms with Crippen molar-refractivity contribution in [3.8, 4) is 0 Å². The van der Waals surface area contributed by atoms with Gasteiger partial charge in [0, 0.05) is 25.7 Å². The van der Waals surface area contributed by atoms with Crippen molar-refractivity contribution in [1.29, 1.82) is 0 Å². The number of nitro groups is 1. The molecular formula is C14H21N3O4S. The van der Waals surface area contributed by atoms with Crippen molar-refractivity contribution >= 4 is 21.4 Å². The van der Waals surface area contributed by atoms with Gasteiger partial charge >= 0.3 is 0 Å². The molecule has 1 saturated heterocycles. The largest absolute Gasteiger partial charge is 0.380 e. The van der Waals surface area contributed by atoms with Crippen molar-refractivity contribution < 1.29 is 13.3 Å². The molecule has 7 nitrogen and oxygen atoms in total. The molecule has 8 heteroatoms. The highest BCUT2D eigenvalue weighted by molar-refractivity contribution is 7.89. The number of nitro benzene ring substituents is 1. The zero-order chi connectivity index (χ0) is 16.3.